The summed E-state index contributed by atoms with van der Waals surface area (Å²) in [7, 11) is 0. The van der Waals surface area contributed by atoms with Gasteiger partial charge in [-0.05, 0) is 17.7 Å². The first kappa shape index (κ1) is 22.4. The van der Waals surface area contributed by atoms with Crippen LogP contribution in [0.5, 0.6) is 0 Å². The molecule has 0 bridgehead atoms. The molecule has 28 heavy (non-hydrogen) atoms. The van der Waals surface area contributed by atoms with Gasteiger partial charge in [-0.2, -0.15) is 0 Å². The monoisotopic (exact) mass is 418 g/mol. The summed E-state index contributed by atoms with van der Waals surface area (Å²) in [4.78, 5) is 16.9. The Morgan fingerprint density at radius 3 is 2.32 bits per heavy atom. The average Bonchev–Trinajstić information content (AvgIpc) is 2.70. The van der Waals surface area contributed by atoms with Crippen molar-refractivity contribution in [1.82, 2.24) is 9.80 Å². The molecule has 6 heteroatoms. The van der Waals surface area contributed by atoms with Crippen LogP contribution in [0.4, 0.5) is 5.69 Å². The number of piperazine rings is 1. The number of anilines is 1. The Bertz CT molecular complexity index is 759. The van der Waals surface area contributed by atoms with Gasteiger partial charge < -0.3 is 22.6 Å². The maximum absolute atomic E-state index is 12.1. The molecule has 2 aromatic rings. The van der Waals surface area contributed by atoms with Gasteiger partial charge in [0.15, 0.2) is 0 Å². The SMILES string of the molecule is O=C(CCN1CCN(C/C=C/c2ccccc2)CC1)Nc1ccccc1Cl.[Cl-]. The molecule has 0 radical (unpaired) electrons. The zero-order valence-corrected chi connectivity index (χ0v) is 17.4. The van der Waals surface area contributed by atoms with Gasteiger partial charge >= 0.3 is 0 Å². The maximum Gasteiger partial charge on any atom is 0.225 e. The van der Waals surface area contributed by atoms with E-state index in [0.29, 0.717) is 17.1 Å². The van der Waals surface area contributed by atoms with Crippen LogP contribution in [0.1, 0.15) is 12.0 Å². The summed E-state index contributed by atoms with van der Waals surface area (Å²) in [6.45, 7) is 5.81. The Morgan fingerprint density at radius 1 is 0.964 bits per heavy atom. The molecular weight excluding hydrogens is 393 g/mol. The third-order valence-corrected chi connectivity index (χ3v) is 5.07. The minimum atomic E-state index is 0. The predicted octanol–water partition coefficient (Wildman–Crippen LogP) is 1.00. The highest BCUT2D eigenvalue weighted by molar-refractivity contribution is 6.33. The second kappa shape index (κ2) is 11.9. The number of nitrogens with one attached hydrogen (secondary N) is 1. The molecule has 0 saturated carbocycles. The molecule has 0 unspecified atom stereocenters. The van der Waals surface area contributed by atoms with E-state index >= 15 is 0 Å². The molecule has 1 heterocycles. The fraction of sp³-hybridized carbons (Fsp3) is 0.318. The van der Waals surface area contributed by atoms with E-state index in [-0.39, 0.29) is 18.3 Å². The van der Waals surface area contributed by atoms with Crippen molar-refractivity contribution >= 4 is 29.3 Å². The van der Waals surface area contributed by atoms with E-state index in [1.54, 1.807) is 6.07 Å². The minimum Gasteiger partial charge on any atom is -1.00 e. The minimum absolute atomic E-state index is 0. The molecule has 3 rings (SSSR count). The topological polar surface area (TPSA) is 35.6 Å². The Morgan fingerprint density at radius 2 is 1.61 bits per heavy atom. The third-order valence-electron chi connectivity index (χ3n) is 4.74. The lowest BCUT2D eigenvalue weighted by molar-refractivity contribution is -0.116. The molecule has 1 amide bonds. The second-order valence-electron chi connectivity index (χ2n) is 6.73. The first-order valence-corrected chi connectivity index (χ1v) is 9.79. The molecule has 0 spiro atoms. The summed E-state index contributed by atoms with van der Waals surface area (Å²) in [5.41, 5.74) is 1.92. The number of rotatable bonds is 7. The summed E-state index contributed by atoms with van der Waals surface area (Å²) in [6, 6.07) is 17.7. The zero-order chi connectivity index (χ0) is 18.9. The fourth-order valence-electron chi connectivity index (χ4n) is 3.13. The average molecular weight is 419 g/mol. The lowest BCUT2D eigenvalue weighted by atomic mass is 10.2. The van der Waals surface area contributed by atoms with Crippen molar-refractivity contribution in [1.29, 1.82) is 0 Å². The van der Waals surface area contributed by atoms with Gasteiger partial charge in [0.25, 0.3) is 0 Å². The van der Waals surface area contributed by atoms with E-state index in [1.807, 2.05) is 24.3 Å². The number of hydrogen-bond acceptors (Lipinski definition) is 3. The molecule has 1 fully saturated rings. The summed E-state index contributed by atoms with van der Waals surface area (Å²) >= 11 is 6.08. The van der Waals surface area contributed by atoms with Crippen molar-refractivity contribution < 1.29 is 17.2 Å². The molecular formula is C22H26Cl2N3O-. The van der Waals surface area contributed by atoms with Gasteiger partial charge in [-0.25, -0.2) is 0 Å². The second-order valence-corrected chi connectivity index (χ2v) is 7.14. The van der Waals surface area contributed by atoms with Gasteiger partial charge in [0.2, 0.25) is 5.91 Å². The maximum atomic E-state index is 12.1. The normalized spacial score (nSPS) is 15.3. The standard InChI is InChI=1S/C22H26ClN3O.ClH/c23-20-10-4-5-11-21(20)24-22(27)12-14-26-17-15-25(16-18-26)13-6-9-19-7-2-1-3-8-19;/h1-11H,12-18H2,(H,24,27);1H/p-1/b9-6+;. The Hall–Kier alpha value is -1.85. The van der Waals surface area contributed by atoms with Crippen molar-refractivity contribution in [3.8, 4) is 0 Å². The molecule has 0 atom stereocenters. The van der Waals surface area contributed by atoms with Gasteiger partial charge in [0.05, 0.1) is 10.7 Å². The van der Waals surface area contributed by atoms with Crippen molar-refractivity contribution in [3.05, 3.63) is 71.3 Å². The van der Waals surface area contributed by atoms with Crippen molar-refractivity contribution in [2.24, 2.45) is 0 Å². The number of benzene rings is 2. The van der Waals surface area contributed by atoms with Crippen LogP contribution in [0.2, 0.25) is 5.02 Å². The predicted molar refractivity (Wildman–Crippen MR) is 113 cm³/mol. The number of carbonyl (C=O) groups is 1. The molecule has 1 aliphatic rings. The molecule has 1 aliphatic heterocycles. The quantitative estimate of drug-likeness (QED) is 0.728. The Kier molecular flexibility index (Phi) is 9.51. The third kappa shape index (κ3) is 7.28. The van der Waals surface area contributed by atoms with Crippen LogP contribution in [0.3, 0.4) is 0 Å². The van der Waals surface area contributed by atoms with Gasteiger partial charge in [0, 0.05) is 45.7 Å². The molecule has 1 N–H and O–H groups in total. The number of amides is 1. The molecule has 2 aromatic carbocycles. The van der Waals surface area contributed by atoms with Gasteiger partial charge in [0.1, 0.15) is 0 Å². The van der Waals surface area contributed by atoms with Gasteiger partial charge in [-0.1, -0.05) is 66.2 Å². The number of para-hydroxylation sites is 1. The fourth-order valence-corrected chi connectivity index (χ4v) is 3.32. The van der Waals surface area contributed by atoms with Crippen LogP contribution in [-0.2, 0) is 4.79 Å². The first-order chi connectivity index (χ1) is 13.2. The smallest absolute Gasteiger partial charge is 0.225 e. The number of carbonyl (C=O) groups excluding carboxylic acids is 1. The van der Waals surface area contributed by atoms with E-state index in [1.165, 1.54) is 5.56 Å². The number of nitrogens with zero attached hydrogens (tertiary/aromatic N) is 2. The molecule has 0 aliphatic carbocycles. The Labute approximate surface area is 178 Å². The largest absolute Gasteiger partial charge is 1.00 e. The van der Waals surface area contributed by atoms with Crippen LogP contribution in [0.25, 0.3) is 6.08 Å². The summed E-state index contributed by atoms with van der Waals surface area (Å²) in [6.07, 6.45) is 4.88. The molecule has 0 aromatic heterocycles. The van der Waals surface area contributed by atoms with E-state index in [0.717, 1.165) is 39.3 Å². The van der Waals surface area contributed by atoms with E-state index < -0.39 is 0 Å². The van der Waals surface area contributed by atoms with Crippen LogP contribution in [0, 0.1) is 0 Å². The van der Waals surface area contributed by atoms with Crippen LogP contribution in [-0.4, -0.2) is 55.0 Å². The van der Waals surface area contributed by atoms with E-state index in [4.69, 9.17) is 11.6 Å². The highest BCUT2D eigenvalue weighted by atomic mass is 35.5. The van der Waals surface area contributed by atoms with E-state index in [9.17, 15) is 4.79 Å². The summed E-state index contributed by atoms with van der Waals surface area (Å²) in [5, 5.41) is 3.46. The zero-order valence-electron chi connectivity index (χ0n) is 15.9. The molecule has 4 nitrogen and oxygen atoms in total. The van der Waals surface area contributed by atoms with Crippen molar-refractivity contribution in [2.45, 2.75) is 6.42 Å². The number of hydrogen-bond donors (Lipinski definition) is 1. The Balaban J connectivity index is 0.00000280. The van der Waals surface area contributed by atoms with Crippen LogP contribution < -0.4 is 17.7 Å². The van der Waals surface area contributed by atoms with Crippen molar-refractivity contribution in [3.63, 3.8) is 0 Å². The number of halogens is 2. The summed E-state index contributed by atoms with van der Waals surface area (Å²) < 4.78 is 0. The van der Waals surface area contributed by atoms with Gasteiger partial charge in [-0.3, -0.25) is 9.69 Å². The lowest BCUT2D eigenvalue weighted by Crippen LogP contribution is -3.00. The highest BCUT2D eigenvalue weighted by Crippen LogP contribution is 2.20. The van der Waals surface area contributed by atoms with Crippen LogP contribution in [0.15, 0.2) is 60.7 Å². The highest BCUT2D eigenvalue weighted by Gasteiger charge is 2.16. The van der Waals surface area contributed by atoms with Crippen LogP contribution >= 0.6 is 11.6 Å². The van der Waals surface area contributed by atoms with Gasteiger partial charge in [-0.15, -0.1) is 0 Å². The lowest BCUT2D eigenvalue weighted by Gasteiger charge is -2.34. The molecule has 150 valence electrons. The summed E-state index contributed by atoms with van der Waals surface area (Å²) in [5.74, 6) is 0.0105. The van der Waals surface area contributed by atoms with E-state index in [2.05, 4.69) is 51.5 Å². The molecule has 1 saturated heterocycles. The van der Waals surface area contributed by atoms with Crippen molar-refractivity contribution in [2.75, 3.05) is 44.6 Å². The first-order valence-electron chi connectivity index (χ1n) is 9.41.